The number of carbonyl (C=O) groups excluding carboxylic acids is 1. The molecule has 0 aliphatic rings. The molecule has 0 aromatic heterocycles. The molecule has 0 fully saturated rings. The Kier molecular flexibility index (Phi) is 43.7. The number of carbonyl (C=O) groups is 1. The Hall–Kier alpha value is -2.61. The zero-order valence-corrected chi connectivity index (χ0v) is 25.5. The summed E-state index contributed by atoms with van der Waals surface area (Å²) in [6.45, 7) is 29.8. The number of rotatable bonds is 5. The van der Waals surface area contributed by atoms with Crippen LogP contribution >= 0.6 is 0 Å². The molecule has 2 heteroatoms. The van der Waals surface area contributed by atoms with Crippen molar-refractivity contribution in [2.24, 2.45) is 0 Å². The smallest absolute Gasteiger partial charge is 0.155 e. The number of aryl methyl sites for hydroxylation is 1. The summed E-state index contributed by atoms with van der Waals surface area (Å²) in [6, 6.07) is 7.09. The monoisotopic (exact) mass is 486 g/mol. The molecule has 35 heavy (non-hydrogen) atoms. The van der Waals surface area contributed by atoms with E-state index in [1.165, 1.54) is 24.0 Å². The second-order valence-electron chi connectivity index (χ2n) is 7.75. The number of hydrogen-bond acceptors (Lipinski definition) is 2. The van der Waals surface area contributed by atoms with Gasteiger partial charge in [-0.2, -0.15) is 0 Å². The molecule has 0 spiro atoms. The standard InChI is InChI=1S/C10H16.C8H12O.C7H8O.2C3H8.C2H6/c1-5-10(4)8-6-7-9(2)3;1-4-5-6-7(2)8(3)9;1-6-2-4-7(8)5-3-6;2*1-3-2;1-2/h6-8H,2,5H2,1,3-4H3;4-6H,1-3H3;2-5,8H,1H3;2*3H2,1-2H3;1-2H3/b7-6-,10-8+;5-4-,7-6+;;;;. The number of Topliss-reactive ketones (excluding diaryl/α,β-unsaturated/α-hetero) is 1. The Bertz CT molecular complexity index is 676. The second-order valence-corrected chi connectivity index (χ2v) is 7.75. The highest BCUT2D eigenvalue weighted by molar-refractivity contribution is 5.92. The van der Waals surface area contributed by atoms with Gasteiger partial charge >= 0.3 is 0 Å². The van der Waals surface area contributed by atoms with Gasteiger partial charge in [-0.15, -0.1) is 0 Å². The SMILES string of the molecule is C/C=C\C=C(/C)C(C)=O.C=C(C)/C=C\C=C(/C)CC.CC.CCC.CCC.Cc1ccc(O)cc1. The molecule has 1 aromatic carbocycles. The molecule has 0 unspecified atom stereocenters. The largest absolute Gasteiger partial charge is 0.508 e. The lowest BCUT2D eigenvalue weighted by Crippen LogP contribution is -1.89. The first-order chi connectivity index (χ1) is 16.5. The summed E-state index contributed by atoms with van der Waals surface area (Å²) in [5, 5.41) is 8.76. The molecule has 0 heterocycles. The summed E-state index contributed by atoms with van der Waals surface area (Å²) in [6.07, 6.45) is 15.4. The molecular formula is C33H58O2. The molecule has 0 amide bonds. The summed E-state index contributed by atoms with van der Waals surface area (Å²) in [7, 11) is 0. The number of ketones is 1. The third-order valence-electron chi connectivity index (χ3n) is 3.45. The van der Waals surface area contributed by atoms with E-state index in [2.05, 4.69) is 54.2 Å². The van der Waals surface area contributed by atoms with E-state index >= 15 is 0 Å². The maximum Gasteiger partial charge on any atom is 0.155 e. The molecular weight excluding hydrogens is 428 g/mol. The number of allylic oxidation sites excluding steroid dienone is 9. The van der Waals surface area contributed by atoms with Crippen LogP contribution < -0.4 is 0 Å². The van der Waals surface area contributed by atoms with E-state index < -0.39 is 0 Å². The topological polar surface area (TPSA) is 37.3 Å². The lowest BCUT2D eigenvalue weighted by molar-refractivity contribution is -0.113. The van der Waals surface area contributed by atoms with Crippen molar-refractivity contribution in [1.29, 1.82) is 0 Å². The molecule has 0 bridgehead atoms. The van der Waals surface area contributed by atoms with E-state index in [-0.39, 0.29) is 5.78 Å². The van der Waals surface area contributed by atoms with E-state index in [0.29, 0.717) is 5.75 Å². The van der Waals surface area contributed by atoms with Crippen LogP contribution in [0.15, 0.2) is 84.0 Å². The van der Waals surface area contributed by atoms with Crippen molar-refractivity contribution in [3.05, 3.63) is 89.6 Å². The minimum atomic E-state index is 0.133. The van der Waals surface area contributed by atoms with Crippen LogP contribution in [0.25, 0.3) is 0 Å². The third kappa shape index (κ3) is 49.6. The fourth-order valence-corrected chi connectivity index (χ4v) is 1.40. The maximum absolute atomic E-state index is 10.5. The Balaban J connectivity index is -0.000000112. The van der Waals surface area contributed by atoms with Crippen molar-refractivity contribution in [2.45, 2.75) is 109 Å². The lowest BCUT2D eigenvalue weighted by Gasteiger charge is -1.89. The van der Waals surface area contributed by atoms with Crippen LogP contribution in [-0.4, -0.2) is 10.9 Å². The van der Waals surface area contributed by atoms with Crippen molar-refractivity contribution >= 4 is 5.78 Å². The highest BCUT2D eigenvalue weighted by Gasteiger charge is 1.90. The van der Waals surface area contributed by atoms with Crippen LogP contribution in [0, 0.1) is 6.92 Å². The zero-order chi connectivity index (χ0) is 28.7. The molecule has 2 nitrogen and oxygen atoms in total. The van der Waals surface area contributed by atoms with Gasteiger partial charge in [-0.25, -0.2) is 0 Å². The molecule has 1 rings (SSSR count). The molecule has 0 radical (unpaired) electrons. The molecule has 0 atom stereocenters. The van der Waals surface area contributed by atoms with Gasteiger partial charge in [-0.05, 0) is 65.7 Å². The van der Waals surface area contributed by atoms with Gasteiger partial charge in [0, 0.05) is 0 Å². The summed E-state index contributed by atoms with van der Waals surface area (Å²) in [5.74, 6) is 0.462. The van der Waals surface area contributed by atoms with Crippen molar-refractivity contribution in [3.63, 3.8) is 0 Å². The number of aromatic hydroxyl groups is 1. The fourth-order valence-electron chi connectivity index (χ4n) is 1.40. The van der Waals surface area contributed by atoms with Crippen LogP contribution in [0.5, 0.6) is 5.75 Å². The van der Waals surface area contributed by atoms with Crippen molar-refractivity contribution in [1.82, 2.24) is 0 Å². The van der Waals surface area contributed by atoms with Crippen molar-refractivity contribution in [2.75, 3.05) is 0 Å². The predicted octanol–water partition coefficient (Wildman–Crippen LogP) is 11.1. The van der Waals surface area contributed by atoms with E-state index in [1.54, 1.807) is 19.1 Å². The lowest BCUT2D eigenvalue weighted by atomic mass is 10.2. The quantitative estimate of drug-likeness (QED) is 0.332. The van der Waals surface area contributed by atoms with Gasteiger partial charge < -0.3 is 5.11 Å². The van der Waals surface area contributed by atoms with Crippen molar-refractivity contribution in [3.8, 4) is 5.75 Å². The molecule has 0 saturated carbocycles. The van der Waals surface area contributed by atoms with Gasteiger partial charge in [0.2, 0.25) is 0 Å². The first-order valence-electron chi connectivity index (χ1n) is 13.0. The average Bonchev–Trinajstić information content (AvgIpc) is 2.82. The summed E-state index contributed by atoms with van der Waals surface area (Å²) in [5.41, 5.74) is 4.47. The van der Waals surface area contributed by atoms with E-state index in [1.807, 2.05) is 84.1 Å². The second kappa shape index (κ2) is 36.0. The minimum absolute atomic E-state index is 0.133. The van der Waals surface area contributed by atoms with Gasteiger partial charge in [-0.3, -0.25) is 4.79 Å². The van der Waals surface area contributed by atoms with Crippen LogP contribution in [0.3, 0.4) is 0 Å². The number of hydrogen-bond donors (Lipinski definition) is 1. The number of phenolic OH excluding ortho intramolecular Hbond substituents is 1. The fraction of sp³-hybridized carbons (Fsp3) is 0.485. The number of phenols is 1. The molecule has 1 N–H and O–H groups in total. The molecule has 0 aliphatic carbocycles. The van der Waals surface area contributed by atoms with E-state index in [9.17, 15) is 4.79 Å². The summed E-state index contributed by atoms with van der Waals surface area (Å²) < 4.78 is 0. The predicted molar refractivity (Wildman–Crippen MR) is 163 cm³/mol. The molecule has 0 aliphatic heterocycles. The van der Waals surface area contributed by atoms with Crippen LogP contribution in [0.1, 0.15) is 108 Å². The first-order valence-corrected chi connectivity index (χ1v) is 13.0. The van der Waals surface area contributed by atoms with Crippen molar-refractivity contribution < 1.29 is 9.90 Å². The van der Waals surface area contributed by atoms with Crippen LogP contribution in [0.2, 0.25) is 0 Å². The first kappa shape index (κ1) is 42.5. The molecule has 202 valence electrons. The Labute approximate surface area is 220 Å². The number of benzene rings is 1. The van der Waals surface area contributed by atoms with E-state index in [0.717, 1.165) is 17.6 Å². The highest BCUT2D eigenvalue weighted by Crippen LogP contribution is 2.07. The normalized spacial score (nSPS) is 10.1. The van der Waals surface area contributed by atoms with Gasteiger partial charge in [0.05, 0.1) is 0 Å². The van der Waals surface area contributed by atoms with Gasteiger partial charge in [0.1, 0.15) is 5.75 Å². The maximum atomic E-state index is 10.5. The Morgan fingerprint density at radius 2 is 1.29 bits per heavy atom. The Morgan fingerprint density at radius 1 is 0.857 bits per heavy atom. The average molecular weight is 487 g/mol. The third-order valence-corrected chi connectivity index (χ3v) is 3.45. The van der Waals surface area contributed by atoms with Gasteiger partial charge in [0.25, 0.3) is 0 Å². The van der Waals surface area contributed by atoms with Crippen LogP contribution in [0.4, 0.5) is 0 Å². The minimum Gasteiger partial charge on any atom is -0.508 e. The summed E-state index contributed by atoms with van der Waals surface area (Å²) >= 11 is 0. The van der Waals surface area contributed by atoms with Gasteiger partial charge in [-0.1, -0.05) is 133 Å². The zero-order valence-electron chi connectivity index (χ0n) is 25.5. The molecule has 1 aromatic rings. The Morgan fingerprint density at radius 3 is 1.57 bits per heavy atom. The van der Waals surface area contributed by atoms with Crippen LogP contribution in [-0.2, 0) is 4.79 Å². The summed E-state index contributed by atoms with van der Waals surface area (Å²) in [4.78, 5) is 10.5. The highest BCUT2D eigenvalue weighted by atomic mass is 16.3. The molecule has 0 saturated heterocycles. The van der Waals surface area contributed by atoms with E-state index in [4.69, 9.17) is 5.11 Å². The van der Waals surface area contributed by atoms with Gasteiger partial charge in [0.15, 0.2) is 5.78 Å².